The lowest BCUT2D eigenvalue weighted by Crippen LogP contribution is -2.50. The quantitative estimate of drug-likeness (QED) is 0.704. The Kier molecular flexibility index (Phi) is 7.53. The molecule has 24 heavy (non-hydrogen) atoms. The van der Waals surface area contributed by atoms with Crippen LogP contribution >= 0.6 is 0 Å². The van der Waals surface area contributed by atoms with Crippen LogP contribution in [0.15, 0.2) is 18.2 Å². The molecular weight excluding hydrogens is 304 g/mol. The number of ether oxygens (including phenoxy) is 2. The SMILES string of the molecule is CCCOc1ccc(C(=O)C(C)N2CCNCC2)cc1OCCC. The molecule has 1 aromatic carbocycles. The minimum Gasteiger partial charge on any atom is -0.490 e. The van der Waals surface area contributed by atoms with E-state index in [-0.39, 0.29) is 11.8 Å². The van der Waals surface area contributed by atoms with Crippen molar-refractivity contribution in [1.29, 1.82) is 0 Å². The van der Waals surface area contributed by atoms with Crippen molar-refractivity contribution in [2.24, 2.45) is 0 Å². The van der Waals surface area contributed by atoms with Gasteiger partial charge in [-0.3, -0.25) is 9.69 Å². The number of nitrogens with zero attached hydrogens (tertiary/aromatic N) is 1. The van der Waals surface area contributed by atoms with E-state index in [0.29, 0.717) is 24.5 Å². The number of benzene rings is 1. The summed E-state index contributed by atoms with van der Waals surface area (Å²) >= 11 is 0. The number of piperazine rings is 1. The zero-order valence-corrected chi connectivity index (χ0v) is 15.1. The minimum absolute atomic E-state index is 0.117. The summed E-state index contributed by atoms with van der Waals surface area (Å²) in [5, 5.41) is 3.32. The lowest BCUT2D eigenvalue weighted by atomic mass is 10.0. The maximum atomic E-state index is 12.8. The monoisotopic (exact) mass is 334 g/mol. The summed E-state index contributed by atoms with van der Waals surface area (Å²) < 4.78 is 11.5. The molecule has 134 valence electrons. The molecule has 0 radical (unpaired) electrons. The van der Waals surface area contributed by atoms with Gasteiger partial charge in [-0.2, -0.15) is 0 Å². The molecule has 0 spiro atoms. The maximum absolute atomic E-state index is 12.8. The highest BCUT2D eigenvalue weighted by Gasteiger charge is 2.24. The summed E-state index contributed by atoms with van der Waals surface area (Å²) in [6.45, 7) is 11.1. The van der Waals surface area contributed by atoms with Gasteiger partial charge < -0.3 is 14.8 Å². The summed E-state index contributed by atoms with van der Waals surface area (Å²) in [5.41, 5.74) is 0.691. The first kappa shape index (κ1) is 18.7. The van der Waals surface area contributed by atoms with E-state index in [1.807, 2.05) is 25.1 Å². The van der Waals surface area contributed by atoms with Crippen molar-refractivity contribution >= 4 is 5.78 Å². The lowest BCUT2D eigenvalue weighted by Gasteiger charge is -2.32. The zero-order valence-electron chi connectivity index (χ0n) is 15.1. The van der Waals surface area contributed by atoms with Crippen LogP contribution in [0, 0.1) is 0 Å². The highest BCUT2D eigenvalue weighted by Crippen LogP contribution is 2.29. The molecule has 1 heterocycles. The summed E-state index contributed by atoms with van der Waals surface area (Å²) in [5.74, 6) is 1.53. The normalized spacial score (nSPS) is 16.6. The Morgan fingerprint density at radius 1 is 1.12 bits per heavy atom. The highest BCUT2D eigenvalue weighted by atomic mass is 16.5. The molecule has 1 saturated heterocycles. The molecule has 1 atom stereocenters. The van der Waals surface area contributed by atoms with Crippen molar-refractivity contribution in [3.8, 4) is 11.5 Å². The minimum atomic E-state index is -0.117. The predicted molar refractivity (Wildman–Crippen MR) is 96.2 cm³/mol. The van der Waals surface area contributed by atoms with Crippen LogP contribution in [0.2, 0.25) is 0 Å². The number of Topliss-reactive ketones (excluding diaryl/α,β-unsaturated/α-hetero) is 1. The number of carbonyl (C=O) groups is 1. The topological polar surface area (TPSA) is 50.8 Å². The Morgan fingerprint density at radius 3 is 2.38 bits per heavy atom. The average molecular weight is 334 g/mol. The van der Waals surface area contributed by atoms with Crippen LogP contribution in [-0.4, -0.2) is 56.1 Å². The fourth-order valence-corrected chi connectivity index (χ4v) is 2.79. The van der Waals surface area contributed by atoms with E-state index in [1.54, 1.807) is 0 Å². The first-order chi connectivity index (χ1) is 11.7. The Balaban J connectivity index is 2.14. The van der Waals surface area contributed by atoms with Crippen molar-refractivity contribution < 1.29 is 14.3 Å². The number of carbonyl (C=O) groups excluding carboxylic acids is 1. The van der Waals surface area contributed by atoms with Crippen molar-refractivity contribution in [3.05, 3.63) is 23.8 Å². The van der Waals surface area contributed by atoms with E-state index < -0.39 is 0 Å². The summed E-state index contributed by atoms with van der Waals surface area (Å²) in [7, 11) is 0. The second-order valence-corrected chi connectivity index (χ2v) is 6.18. The lowest BCUT2D eigenvalue weighted by molar-refractivity contribution is 0.0819. The Bertz CT molecular complexity index is 527. The number of hydrogen-bond acceptors (Lipinski definition) is 5. The molecule has 1 fully saturated rings. The van der Waals surface area contributed by atoms with Gasteiger partial charge in [-0.15, -0.1) is 0 Å². The predicted octanol–water partition coefficient (Wildman–Crippen LogP) is 2.74. The van der Waals surface area contributed by atoms with Gasteiger partial charge >= 0.3 is 0 Å². The molecular formula is C19H30N2O3. The van der Waals surface area contributed by atoms with Crippen molar-refractivity contribution in [2.75, 3.05) is 39.4 Å². The summed E-state index contributed by atoms with van der Waals surface area (Å²) in [6, 6.07) is 5.43. The van der Waals surface area contributed by atoms with Gasteiger partial charge in [-0.05, 0) is 38.0 Å². The number of nitrogens with one attached hydrogen (secondary N) is 1. The smallest absolute Gasteiger partial charge is 0.179 e. The van der Waals surface area contributed by atoms with E-state index in [4.69, 9.17) is 9.47 Å². The molecule has 5 heteroatoms. The molecule has 5 nitrogen and oxygen atoms in total. The van der Waals surface area contributed by atoms with E-state index in [2.05, 4.69) is 24.1 Å². The maximum Gasteiger partial charge on any atom is 0.179 e. The molecule has 0 bridgehead atoms. The van der Waals surface area contributed by atoms with Crippen LogP contribution in [0.4, 0.5) is 0 Å². The second-order valence-electron chi connectivity index (χ2n) is 6.18. The van der Waals surface area contributed by atoms with Gasteiger partial charge in [0, 0.05) is 31.7 Å². The van der Waals surface area contributed by atoms with Crippen LogP contribution in [0.25, 0.3) is 0 Å². The fraction of sp³-hybridized carbons (Fsp3) is 0.632. The Morgan fingerprint density at radius 2 is 1.75 bits per heavy atom. The van der Waals surface area contributed by atoms with Crippen LogP contribution in [0.1, 0.15) is 44.0 Å². The number of rotatable bonds is 9. The molecule has 0 aliphatic carbocycles. The van der Waals surface area contributed by atoms with Gasteiger partial charge in [-0.25, -0.2) is 0 Å². The van der Waals surface area contributed by atoms with E-state index in [1.165, 1.54) is 0 Å². The van der Waals surface area contributed by atoms with E-state index in [0.717, 1.165) is 44.8 Å². The fourth-order valence-electron chi connectivity index (χ4n) is 2.79. The molecule has 1 aliphatic heterocycles. The summed E-state index contributed by atoms with van der Waals surface area (Å²) in [6.07, 6.45) is 1.86. The third-order valence-electron chi connectivity index (χ3n) is 4.23. The van der Waals surface area contributed by atoms with Gasteiger partial charge in [0.1, 0.15) is 0 Å². The first-order valence-electron chi connectivity index (χ1n) is 9.06. The molecule has 1 N–H and O–H groups in total. The van der Waals surface area contributed by atoms with Gasteiger partial charge in [0.15, 0.2) is 17.3 Å². The highest BCUT2D eigenvalue weighted by molar-refractivity contribution is 6.00. The standard InChI is InChI=1S/C19H30N2O3/c1-4-12-23-17-7-6-16(14-18(17)24-13-5-2)19(22)15(3)21-10-8-20-9-11-21/h6-7,14-15,20H,4-5,8-13H2,1-3H3. The second kappa shape index (κ2) is 9.64. The Labute approximate surface area is 145 Å². The van der Waals surface area contributed by atoms with Crippen LogP contribution in [-0.2, 0) is 0 Å². The van der Waals surface area contributed by atoms with Crippen LogP contribution < -0.4 is 14.8 Å². The molecule has 2 rings (SSSR count). The van der Waals surface area contributed by atoms with E-state index >= 15 is 0 Å². The zero-order chi connectivity index (χ0) is 17.4. The van der Waals surface area contributed by atoms with Crippen LogP contribution in [0.3, 0.4) is 0 Å². The largest absolute Gasteiger partial charge is 0.490 e. The van der Waals surface area contributed by atoms with Crippen molar-refractivity contribution in [2.45, 2.75) is 39.7 Å². The Hall–Kier alpha value is -1.59. The molecule has 0 amide bonds. The molecule has 1 aromatic rings. The molecule has 0 saturated carbocycles. The first-order valence-corrected chi connectivity index (χ1v) is 9.06. The average Bonchev–Trinajstić information content (AvgIpc) is 2.64. The van der Waals surface area contributed by atoms with Crippen LogP contribution in [0.5, 0.6) is 11.5 Å². The molecule has 0 aromatic heterocycles. The van der Waals surface area contributed by atoms with Crippen molar-refractivity contribution in [3.63, 3.8) is 0 Å². The van der Waals surface area contributed by atoms with Gasteiger partial charge in [0.05, 0.1) is 19.3 Å². The third-order valence-corrected chi connectivity index (χ3v) is 4.23. The third kappa shape index (κ3) is 4.95. The van der Waals surface area contributed by atoms with Crippen molar-refractivity contribution in [1.82, 2.24) is 10.2 Å². The van der Waals surface area contributed by atoms with Gasteiger partial charge in [0.25, 0.3) is 0 Å². The van der Waals surface area contributed by atoms with Gasteiger partial charge in [-0.1, -0.05) is 13.8 Å². The summed E-state index contributed by atoms with van der Waals surface area (Å²) in [4.78, 5) is 15.1. The molecule has 1 aliphatic rings. The van der Waals surface area contributed by atoms with Gasteiger partial charge in [0.2, 0.25) is 0 Å². The van der Waals surface area contributed by atoms with E-state index in [9.17, 15) is 4.79 Å². The number of ketones is 1. The number of hydrogen-bond donors (Lipinski definition) is 1. The molecule has 1 unspecified atom stereocenters.